The predicted octanol–water partition coefficient (Wildman–Crippen LogP) is 2.55. The molecule has 2 aliphatic heterocycles. The van der Waals surface area contributed by atoms with Crippen LogP contribution < -0.4 is 15.5 Å². The number of carbonyl (C=O) groups excluding carboxylic acids is 2. The Morgan fingerprint density at radius 3 is 2.67 bits per heavy atom. The summed E-state index contributed by atoms with van der Waals surface area (Å²) in [4.78, 5) is 25.7. The molecule has 0 aromatic heterocycles. The molecule has 2 unspecified atom stereocenters. The van der Waals surface area contributed by atoms with Gasteiger partial charge in [-0.3, -0.25) is 9.59 Å². The molecule has 2 heterocycles. The lowest BCUT2D eigenvalue weighted by Crippen LogP contribution is -2.33. The minimum atomic E-state index is -0.0211. The Hall–Kier alpha value is -1.59. The minimum Gasteiger partial charge on any atom is -0.350 e. The minimum absolute atomic E-state index is 0. The van der Waals surface area contributed by atoms with Gasteiger partial charge >= 0.3 is 0 Å². The molecule has 2 N–H and O–H groups in total. The number of anilines is 1. The third kappa shape index (κ3) is 4.48. The van der Waals surface area contributed by atoms with Gasteiger partial charge in [0.15, 0.2) is 0 Å². The van der Waals surface area contributed by atoms with E-state index in [2.05, 4.69) is 10.6 Å². The number of amides is 2. The van der Waals surface area contributed by atoms with Gasteiger partial charge in [-0.1, -0.05) is 12.1 Å². The summed E-state index contributed by atoms with van der Waals surface area (Å²) >= 11 is 0. The number of hydrogen-bond acceptors (Lipinski definition) is 3. The summed E-state index contributed by atoms with van der Waals surface area (Å²) in [6.45, 7) is 3.82. The van der Waals surface area contributed by atoms with E-state index >= 15 is 0 Å². The van der Waals surface area contributed by atoms with Crippen molar-refractivity contribution in [3.8, 4) is 0 Å². The molecule has 2 fully saturated rings. The first-order chi connectivity index (χ1) is 11.1. The Morgan fingerprint density at radius 1 is 1.33 bits per heavy atom. The molecule has 0 radical (unpaired) electrons. The zero-order chi connectivity index (χ0) is 16.2. The molecule has 24 heavy (non-hydrogen) atoms. The maximum atomic E-state index is 12.1. The molecule has 132 valence electrons. The number of rotatable bonds is 5. The van der Waals surface area contributed by atoms with Crippen LogP contribution in [0.1, 0.15) is 50.6 Å². The first-order valence-corrected chi connectivity index (χ1v) is 8.56. The molecule has 2 aliphatic rings. The number of benzene rings is 1. The first kappa shape index (κ1) is 18.7. The zero-order valence-electron chi connectivity index (χ0n) is 14.1. The third-order valence-corrected chi connectivity index (χ3v) is 4.75. The Kier molecular flexibility index (Phi) is 6.63. The van der Waals surface area contributed by atoms with E-state index in [0.717, 1.165) is 43.6 Å². The van der Waals surface area contributed by atoms with Crippen LogP contribution in [0.15, 0.2) is 24.3 Å². The molecule has 5 nitrogen and oxygen atoms in total. The van der Waals surface area contributed by atoms with Gasteiger partial charge in [0.1, 0.15) is 0 Å². The van der Waals surface area contributed by atoms with E-state index in [1.165, 1.54) is 0 Å². The fourth-order valence-electron chi connectivity index (χ4n) is 3.40. The molecule has 0 aliphatic carbocycles. The fourth-order valence-corrected chi connectivity index (χ4v) is 3.40. The third-order valence-electron chi connectivity index (χ3n) is 4.75. The van der Waals surface area contributed by atoms with Crippen molar-refractivity contribution < 1.29 is 9.59 Å². The topological polar surface area (TPSA) is 61.4 Å². The van der Waals surface area contributed by atoms with E-state index < -0.39 is 0 Å². The zero-order valence-corrected chi connectivity index (χ0v) is 14.9. The molecule has 0 spiro atoms. The molecule has 2 saturated heterocycles. The second-order valence-electron chi connectivity index (χ2n) is 6.53. The van der Waals surface area contributed by atoms with Gasteiger partial charge in [-0.2, -0.15) is 0 Å². The monoisotopic (exact) mass is 351 g/mol. The highest BCUT2D eigenvalue weighted by Gasteiger charge is 2.22. The normalized spacial score (nSPS) is 21.5. The largest absolute Gasteiger partial charge is 0.350 e. The summed E-state index contributed by atoms with van der Waals surface area (Å²) in [5, 5.41) is 6.41. The van der Waals surface area contributed by atoms with Gasteiger partial charge in [0, 0.05) is 31.1 Å². The van der Waals surface area contributed by atoms with Crippen LogP contribution >= 0.6 is 12.4 Å². The van der Waals surface area contributed by atoms with Crippen LogP contribution in [-0.4, -0.2) is 30.9 Å². The van der Waals surface area contributed by atoms with E-state index in [4.69, 9.17) is 0 Å². The van der Waals surface area contributed by atoms with E-state index in [0.29, 0.717) is 18.9 Å². The smallest absolute Gasteiger partial charge is 0.227 e. The maximum Gasteiger partial charge on any atom is 0.227 e. The van der Waals surface area contributed by atoms with Gasteiger partial charge in [0.05, 0.1) is 6.04 Å². The van der Waals surface area contributed by atoms with Gasteiger partial charge in [-0.05, 0) is 50.4 Å². The van der Waals surface area contributed by atoms with Gasteiger partial charge in [0.25, 0.3) is 0 Å². The van der Waals surface area contributed by atoms with Crippen LogP contribution in [-0.2, 0) is 9.59 Å². The van der Waals surface area contributed by atoms with Crippen LogP contribution in [0.2, 0.25) is 0 Å². The molecule has 1 aromatic rings. The van der Waals surface area contributed by atoms with Crippen LogP contribution in [0.5, 0.6) is 0 Å². The van der Waals surface area contributed by atoms with Crippen molar-refractivity contribution in [2.75, 3.05) is 18.0 Å². The van der Waals surface area contributed by atoms with Crippen LogP contribution in [0.4, 0.5) is 5.69 Å². The van der Waals surface area contributed by atoms with Crippen molar-refractivity contribution in [1.82, 2.24) is 10.6 Å². The molecule has 2 amide bonds. The Morgan fingerprint density at radius 2 is 2.08 bits per heavy atom. The Bertz CT molecular complexity index is 570. The van der Waals surface area contributed by atoms with E-state index in [1.54, 1.807) is 0 Å². The van der Waals surface area contributed by atoms with Crippen molar-refractivity contribution in [3.05, 3.63) is 29.8 Å². The van der Waals surface area contributed by atoms with E-state index in [1.807, 2.05) is 36.1 Å². The molecule has 2 atom stereocenters. The lowest BCUT2D eigenvalue weighted by atomic mass is 10.1. The van der Waals surface area contributed by atoms with Crippen molar-refractivity contribution in [1.29, 1.82) is 0 Å². The van der Waals surface area contributed by atoms with Gasteiger partial charge in [-0.15, -0.1) is 12.4 Å². The summed E-state index contributed by atoms with van der Waals surface area (Å²) in [6.07, 6.45) is 4.36. The summed E-state index contributed by atoms with van der Waals surface area (Å²) in [7, 11) is 0. The average Bonchev–Trinajstić information content (AvgIpc) is 3.19. The van der Waals surface area contributed by atoms with Crippen molar-refractivity contribution in [2.24, 2.45) is 0 Å². The molecule has 6 heteroatoms. The number of halogens is 1. The fraction of sp³-hybridized carbons (Fsp3) is 0.556. The second kappa shape index (κ2) is 8.49. The SMILES string of the molecule is CC(NC(=O)CC1CCCN1)c1ccc(N2CCCC2=O)cc1.Cl. The second-order valence-corrected chi connectivity index (χ2v) is 6.53. The predicted molar refractivity (Wildman–Crippen MR) is 97.5 cm³/mol. The summed E-state index contributed by atoms with van der Waals surface area (Å²) in [5.74, 6) is 0.291. The summed E-state index contributed by atoms with van der Waals surface area (Å²) < 4.78 is 0. The quantitative estimate of drug-likeness (QED) is 0.857. The molecular formula is C18H26ClN3O2. The van der Waals surface area contributed by atoms with Gasteiger partial charge in [-0.25, -0.2) is 0 Å². The highest BCUT2D eigenvalue weighted by atomic mass is 35.5. The maximum absolute atomic E-state index is 12.1. The number of nitrogens with zero attached hydrogens (tertiary/aromatic N) is 1. The van der Waals surface area contributed by atoms with Crippen LogP contribution in [0.3, 0.4) is 0 Å². The van der Waals surface area contributed by atoms with Crippen molar-refractivity contribution in [2.45, 2.75) is 51.1 Å². The van der Waals surface area contributed by atoms with E-state index in [9.17, 15) is 9.59 Å². The van der Waals surface area contributed by atoms with Gasteiger partial charge < -0.3 is 15.5 Å². The highest BCUT2D eigenvalue weighted by molar-refractivity contribution is 5.95. The van der Waals surface area contributed by atoms with Gasteiger partial charge in [0.2, 0.25) is 11.8 Å². The molecule has 0 bridgehead atoms. The summed E-state index contributed by atoms with van der Waals surface area (Å²) in [6, 6.07) is 8.25. The van der Waals surface area contributed by atoms with Crippen molar-refractivity contribution in [3.63, 3.8) is 0 Å². The standard InChI is InChI=1S/C18H25N3O2.ClH/c1-13(20-17(22)12-15-4-2-10-19-15)14-6-8-16(9-7-14)21-11-3-5-18(21)23;/h6-9,13,15,19H,2-5,10-12H2,1H3,(H,20,22);1H. The van der Waals surface area contributed by atoms with Crippen LogP contribution in [0, 0.1) is 0 Å². The average molecular weight is 352 g/mol. The molecule has 1 aromatic carbocycles. The first-order valence-electron chi connectivity index (χ1n) is 8.56. The van der Waals surface area contributed by atoms with E-state index in [-0.39, 0.29) is 30.3 Å². The number of carbonyl (C=O) groups is 2. The van der Waals surface area contributed by atoms with Crippen LogP contribution in [0.25, 0.3) is 0 Å². The lowest BCUT2D eigenvalue weighted by Gasteiger charge is -2.19. The van der Waals surface area contributed by atoms with Crippen molar-refractivity contribution >= 4 is 29.9 Å². The number of hydrogen-bond donors (Lipinski definition) is 2. The number of nitrogens with one attached hydrogen (secondary N) is 2. The summed E-state index contributed by atoms with van der Waals surface area (Å²) in [5.41, 5.74) is 2.01. The molecule has 3 rings (SSSR count). The highest BCUT2D eigenvalue weighted by Crippen LogP contribution is 2.23. The Balaban J connectivity index is 0.00000208. The Labute approximate surface area is 149 Å². The lowest BCUT2D eigenvalue weighted by molar-refractivity contribution is -0.122. The molecule has 0 saturated carbocycles. The molecular weight excluding hydrogens is 326 g/mol.